The summed E-state index contributed by atoms with van der Waals surface area (Å²) < 4.78 is 28.1. The molecule has 9 heteroatoms. The molecule has 1 saturated heterocycles. The third-order valence-corrected chi connectivity index (χ3v) is 5.06. The number of likely N-dealkylation sites (N-methyl/N-ethyl adjacent to an activating group) is 1. The second-order valence-electron chi connectivity index (χ2n) is 5.54. The molecule has 0 bridgehead atoms. The summed E-state index contributed by atoms with van der Waals surface area (Å²) in [6, 6.07) is 4.32. The first-order valence-electron chi connectivity index (χ1n) is 7.60. The standard InChI is InChI=1S/C15H23N3O4S.ClH/c1-3-18-8-4-5-11(18)10-17-15(19)13-9-12(23(16,20)21)6-7-14(13)22-2;/h6-7,9,11H,3-5,8,10H2,1-2H3,(H,17,19)(H2,16,20,21);1H/t11-;/m0./s1. The normalized spacial score (nSPS) is 18.0. The van der Waals surface area contributed by atoms with Crippen molar-refractivity contribution in [2.45, 2.75) is 30.7 Å². The number of primary sulfonamides is 1. The van der Waals surface area contributed by atoms with E-state index >= 15 is 0 Å². The van der Waals surface area contributed by atoms with Crippen LogP contribution in [0.4, 0.5) is 0 Å². The predicted octanol–water partition coefficient (Wildman–Crippen LogP) is 0.979. The zero-order valence-electron chi connectivity index (χ0n) is 13.8. The minimum atomic E-state index is -3.87. The average molecular weight is 378 g/mol. The van der Waals surface area contributed by atoms with Crippen LogP contribution in [-0.2, 0) is 10.0 Å². The second-order valence-corrected chi connectivity index (χ2v) is 7.10. The summed E-state index contributed by atoms with van der Waals surface area (Å²) in [5.74, 6) is -0.0519. The fourth-order valence-corrected chi connectivity index (χ4v) is 3.43. The number of methoxy groups -OCH3 is 1. The Hall–Kier alpha value is -1.35. The average Bonchev–Trinajstić information content (AvgIpc) is 2.98. The summed E-state index contributed by atoms with van der Waals surface area (Å²) in [6.07, 6.45) is 2.17. The molecule has 1 aliphatic heterocycles. The van der Waals surface area contributed by atoms with E-state index in [2.05, 4.69) is 17.1 Å². The van der Waals surface area contributed by atoms with Gasteiger partial charge in [0.1, 0.15) is 5.75 Å². The summed E-state index contributed by atoms with van der Waals surface area (Å²) in [7, 11) is -2.44. The van der Waals surface area contributed by atoms with Gasteiger partial charge in [0.05, 0.1) is 17.6 Å². The Morgan fingerprint density at radius 1 is 1.46 bits per heavy atom. The van der Waals surface area contributed by atoms with E-state index in [1.54, 1.807) is 0 Å². The Balaban J connectivity index is 0.00000288. The Kier molecular flexibility index (Phi) is 7.47. The number of nitrogens with zero attached hydrogens (tertiary/aromatic N) is 1. The Morgan fingerprint density at radius 2 is 2.17 bits per heavy atom. The largest absolute Gasteiger partial charge is 0.496 e. The number of hydrogen-bond donors (Lipinski definition) is 2. The van der Waals surface area contributed by atoms with Crippen molar-refractivity contribution in [2.75, 3.05) is 26.7 Å². The van der Waals surface area contributed by atoms with Crippen molar-refractivity contribution in [3.63, 3.8) is 0 Å². The van der Waals surface area contributed by atoms with E-state index in [0.717, 1.165) is 25.9 Å². The van der Waals surface area contributed by atoms with E-state index in [1.807, 2.05) is 0 Å². The van der Waals surface area contributed by atoms with Gasteiger partial charge in [-0.15, -0.1) is 12.4 Å². The maximum Gasteiger partial charge on any atom is 0.255 e. The molecule has 0 unspecified atom stereocenters. The van der Waals surface area contributed by atoms with Crippen LogP contribution in [0.25, 0.3) is 0 Å². The lowest BCUT2D eigenvalue weighted by molar-refractivity contribution is 0.0938. The van der Waals surface area contributed by atoms with Crippen LogP contribution in [0.5, 0.6) is 5.75 Å². The van der Waals surface area contributed by atoms with Gasteiger partial charge in [0, 0.05) is 12.6 Å². The van der Waals surface area contributed by atoms with Crippen molar-refractivity contribution in [3.05, 3.63) is 23.8 Å². The van der Waals surface area contributed by atoms with E-state index < -0.39 is 10.0 Å². The van der Waals surface area contributed by atoms with Crippen molar-refractivity contribution < 1.29 is 17.9 Å². The SMILES string of the molecule is CCN1CCC[C@H]1CNC(=O)c1cc(S(N)(=O)=O)ccc1OC.Cl. The Labute approximate surface area is 149 Å². The molecule has 24 heavy (non-hydrogen) atoms. The molecular formula is C15H24ClN3O4S. The molecule has 1 aromatic rings. The van der Waals surface area contributed by atoms with Gasteiger partial charge in [-0.2, -0.15) is 0 Å². The molecule has 1 fully saturated rings. The van der Waals surface area contributed by atoms with Gasteiger partial charge in [0.25, 0.3) is 5.91 Å². The molecule has 1 heterocycles. The lowest BCUT2D eigenvalue weighted by Crippen LogP contribution is -2.40. The van der Waals surface area contributed by atoms with Gasteiger partial charge in [-0.1, -0.05) is 6.92 Å². The number of carbonyl (C=O) groups excluding carboxylic acids is 1. The monoisotopic (exact) mass is 377 g/mol. The minimum Gasteiger partial charge on any atom is -0.496 e. The van der Waals surface area contributed by atoms with Gasteiger partial charge in [-0.25, -0.2) is 13.6 Å². The van der Waals surface area contributed by atoms with Gasteiger partial charge in [-0.3, -0.25) is 9.69 Å². The molecule has 0 aliphatic carbocycles. The number of carbonyl (C=O) groups is 1. The molecule has 1 amide bonds. The molecule has 1 aromatic carbocycles. The topological polar surface area (TPSA) is 102 Å². The van der Waals surface area contributed by atoms with Crippen LogP contribution < -0.4 is 15.2 Å². The first kappa shape index (κ1) is 20.7. The number of halogens is 1. The highest BCUT2D eigenvalue weighted by molar-refractivity contribution is 7.89. The van der Waals surface area contributed by atoms with Gasteiger partial charge in [0.15, 0.2) is 0 Å². The lowest BCUT2D eigenvalue weighted by atomic mass is 10.1. The van der Waals surface area contributed by atoms with Crippen LogP contribution in [0.1, 0.15) is 30.1 Å². The summed E-state index contributed by atoms with van der Waals surface area (Å²) in [5, 5.41) is 7.98. The number of hydrogen-bond acceptors (Lipinski definition) is 5. The predicted molar refractivity (Wildman–Crippen MR) is 94.2 cm³/mol. The van der Waals surface area contributed by atoms with Crippen LogP contribution in [0.2, 0.25) is 0 Å². The number of rotatable bonds is 6. The molecule has 1 aliphatic rings. The highest BCUT2D eigenvalue weighted by Crippen LogP contribution is 2.22. The Bertz CT molecular complexity index is 681. The highest BCUT2D eigenvalue weighted by Gasteiger charge is 2.24. The van der Waals surface area contributed by atoms with Crippen LogP contribution >= 0.6 is 12.4 Å². The molecule has 3 N–H and O–H groups in total. The van der Waals surface area contributed by atoms with Crippen LogP contribution in [0, 0.1) is 0 Å². The first-order valence-corrected chi connectivity index (χ1v) is 9.14. The summed E-state index contributed by atoms with van der Waals surface area (Å²) >= 11 is 0. The maximum atomic E-state index is 12.4. The molecule has 0 spiro atoms. The number of amides is 1. The zero-order chi connectivity index (χ0) is 17.0. The smallest absolute Gasteiger partial charge is 0.255 e. The zero-order valence-corrected chi connectivity index (χ0v) is 15.5. The van der Waals surface area contributed by atoms with Crippen molar-refractivity contribution in [1.29, 1.82) is 0 Å². The van der Waals surface area contributed by atoms with E-state index in [4.69, 9.17) is 9.88 Å². The number of nitrogens with two attached hydrogens (primary N) is 1. The fourth-order valence-electron chi connectivity index (χ4n) is 2.89. The Morgan fingerprint density at radius 3 is 2.75 bits per heavy atom. The van der Waals surface area contributed by atoms with Crippen molar-refractivity contribution in [2.24, 2.45) is 5.14 Å². The van der Waals surface area contributed by atoms with E-state index in [1.165, 1.54) is 25.3 Å². The molecule has 0 radical (unpaired) electrons. The van der Waals surface area contributed by atoms with Crippen molar-refractivity contribution >= 4 is 28.3 Å². The first-order chi connectivity index (χ1) is 10.9. The van der Waals surface area contributed by atoms with Crippen LogP contribution in [0.3, 0.4) is 0 Å². The van der Waals surface area contributed by atoms with Crippen LogP contribution in [-0.4, -0.2) is 52.0 Å². The third-order valence-electron chi connectivity index (χ3n) is 4.15. The molecule has 136 valence electrons. The van der Waals surface area contributed by atoms with Gasteiger partial charge in [-0.05, 0) is 44.1 Å². The molecular weight excluding hydrogens is 354 g/mol. The number of nitrogens with one attached hydrogen (secondary N) is 1. The molecule has 2 rings (SSSR count). The lowest BCUT2D eigenvalue weighted by Gasteiger charge is -2.23. The van der Waals surface area contributed by atoms with Crippen LogP contribution in [0.15, 0.2) is 23.1 Å². The van der Waals surface area contributed by atoms with Gasteiger partial charge < -0.3 is 10.1 Å². The highest BCUT2D eigenvalue weighted by atomic mass is 35.5. The molecule has 7 nitrogen and oxygen atoms in total. The fraction of sp³-hybridized carbons (Fsp3) is 0.533. The van der Waals surface area contributed by atoms with E-state index in [-0.39, 0.29) is 28.8 Å². The molecule has 0 saturated carbocycles. The van der Waals surface area contributed by atoms with E-state index in [9.17, 15) is 13.2 Å². The molecule has 1 atom stereocenters. The van der Waals surface area contributed by atoms with Gasteiger partial charge >= 0.3 is 0 Å². The number of likely N-dealkylation sites (tertiary alicyclic amines) is 1. The summed E-state index contributed by atoms with van der Waals surface area (Å²) in [5.41, 5.74) is 0.167. The summed E-state index contributed by atoms with van der Waals surface area (Å²) in [6.45, 7) is 4.61. The summed E-state index contributed by atoms with van der Waals surface area (Å²) in [4.78, 5) is 14.6. The number of benzene rings is 1. The number of ether oxygens (including phenoxy) is 1. The van der Waals surface area contributed by atoms with Crippen molar-refractivity contribution in [3.8, 4) is 5.75 Å². The third kappa shape index (κ3) is 4.83. The van der Waals surface area contributed by atoms with Gasteiger partial charge in [0.2, 0.25) is 10.0 Å². The van der Waals surface area contributed by atoms with Crippen molar-refractivity contribution in [1.82, 2.24) is 10.2 Å². The number of sulfonamides is 1. The minimum absolute atomic E-state index is 0. The second kappa shape index (κ2) is 8.66. The quantitative estimate of drug-likeness (QED) is 0.769. The van der Waals surface area contributed by atoms with E-state index in [0.29, 0.717) is 18.3 Å². The maximum absolute atomic E-state index is 12.4. The molecule has 0 aromatic heterocycles.